The molecule has 1 heterocycles. The lowest BCUT2D eigenvalue weighted by Gasteiger charge is -2.31. The number of hydrogen-bond donors (Lipinski definition) is 2. The van der Waals surface area contributed by atoms with Crippen LogP contribution in [0, 0.1) is 5.92 Å². The minimum Gasteiger partial charge on any atom is -0.391 e. The molecule has 0 radical (unpaired) electrons. The summed E-state index contributed by atoms with van der Waals surface area (Å²) < 4.78 is 0. The van der Waals surface area contributed by atoms with Crippen molar-refractivity contribution in [2.45, 2.75) is 38.3 Å². The number of aliphatic hydroxyl groups excluding tert-OH is 1. The van der Waals surface area contributed by atoms with E-state index < -0.39 is 0 Å². The summed E-state index contributed by atoms with van der Waals surface area (Å²) in [6.07, 6.45) is 2.82. The molecule has 0 saturated carbocycles. The third kappa shape index (κ3) is 3.06. The van der Waals surface area contributed by atoms with Crippen LogP contribution >= 0.6 is 0 Å². The maximum absolute atomic E-state index is 10.2. The summed E-state index contributed by atoms with van der Waals surface area (Å²) in [5, 5.41) is 13.6. The van der Waals surface area contributed by atoms with E-state index in [-0.39, 0.29) is 12.1 Å². The van der Waals surface area contributed by atoms with Crippen LogP contribution in [0.25, 0.3) is 0 Å². The Morgan fingerprint density at radius 1 is 1.38 bits per heavy atom. The summed E-state index contributed by atoms with van der Waals surface area (Å²) in [6.45, 7) is 3.31. The fourth-order valence-corrected chi connectivity index (χ4v) is 2.44. The van der Waals surface area contributed by atoms with Crippen LogP contribution in [0.5, 0.6) is 0 Å². The molecule has 88 valence electrons. The Morgan fingerprint density at radius 3 is 2.81 bits per heavy atom. The average Bonchev–Trinajstić information content (AvgIpc) is 2.30. The standard InChI is InChI=1S/C14H21NO/c1-11-7-8-15-13(9-11)14(16)10-12-5-3-2-4-6-12/h2-6,11,13-16H,7-10H2,1H3. The van der Waals surface area contributed by atoms with Crippen molar-refractivity contribution < 1.29 is 5.11 Å². The third-order valence-corrected chi connectivity index (χ3v) is 3.45. The van der Waals surface area contributed by atoms with Gasteiger partial charge in [0.15, 0.2) is 0 Å². The topological polar surface area (TPSA) is 32.3 Å². The van der Waals surface area contributed by atoms with Crippen molar-refractivity contribution in [2.24, 2.45) is 5.92 Å². The van der Waals surface area contributed by atoms with E-state index in [0.717, 1.165) is 25.3 Å². The first-order valence-corrected chi connectivity index (χ1v) is 6.21. The van der Waals surface area contributed by atoms with Crippen LogP contribution in [0.4, 0.5) is 0 Å². The highest BCUT2D eigenvalue weighted by Gasteiger charge is 2.24. The largest absolute Gasteiger partial charge is 0.391 e. The molecule has 3 unspecified atom stereocenters. The van der Waals surface area contributed by atoms with Gasteiger partial charge in [0.1, 0.15) is 0 Å². The second-order valence-corrected chi connectivity index (χ2v) is 4.95. The van der Waals surface area contributed by atoms with Gasteiger partial charge in [0.25, 0.3) is 0 Å². The Labute approximate surface area is 97.7 Å². The summed E-state index contributed by atoms with van der Waals surface area (Å²) in [4.78, 5) is 0. The van der Waals surface area contributed by atoms with Gasteiger partial charge in [0, 0.05) is 6.04 Å². The van der Waals surface area contributed by atoms with Crippen molar-refractivity contribution in [2.75, 3.05) is 6.54 Å². The number of rotatable bonds is 3. The van der Waals surface area contributed by atoms with Gasteiger partial charge in [-0.2, -0.15) is 0 Å². The first-order chi connectivity index (χ1) is 7.75. The first kappa shape index (κ1) is 11.6. The molecule has 2 nitrogen and oxygen atoms in total. The van der Waals surface area contributed by atoms with Crippen LogP contribution in [-0.2, 0) is 6.42 Å². The summed E-state index contributed by atoms with van der Waals surface area (Å²) in [5.41, 5.74) is 1.22. The van der Waals surface area contributed by atoms with E-state index in [1.165, 1.54) is 12.0 Å². The number of nitrogens with one attached hydrogen (secondary N) is 1. The minimum absolute atomic E-state index is 0.259. The van der Waals surface area contributed by atoms with Crippen LogP contribution in [0.15, 0.2) is 30.3 Å². The molecule has 2 N–H and O–H groups in total. The summed E-state index contributed by atoms with van der Waals surface area (Å²) >= 11 is 0. The van der Waals surface area contributed by atoms with E-state index in [2.05, 4.69) is 24.4 Å². The molecule has 1 fully saturated rings. The molecule has 3 atom stereocenters. The second-order valence-electron chi connectivity index (χ2n) is 4.95. The minimum atomic E-state index is -0.259. The van der Waals surface area contributed by atoms with Crippen molar-refractivity contribution in [3.05, 3.63) is 35.9 Å². The lowest BCUT2D eigenvalue weighted by atomic mass is 9.89. The van der Waals surface area contributed by atoms with Crippen LogP contribution in [0.1, 0.15) is 25.3 Å². The van der Waals surface area contributed by atoms with Gasteiger partial charge in [-0.1, -0.05) is 37.3 Å². The Balaban J connectivity index is 1.90. The van der Waals surface area contributed by atoms with Gasteiger partial charge in [0.2, 0.25) is 0 Å². The Kier molecular flexibility index (Phi) is 3.97. The summed E-state index contributed by atoms with van der Waals surface area (Å²) in [5.74, 6) is 0.733. The van der Waals surface area contributed by atoms with Crippen LogP contribution < -0.4 is 5.32 Å². The second kappa shape index (κ2) is 5.46. The predicted molar refractivity (Wildman–Crippen MR) is 66.3 cm³/mol. The van der Waals surface area contributed by atoms with Crippen molar-refractivity contribution in [1.29, 1.82) is 0 Å². The zero-order chi connectivity index (χ0) is 11.4. The molecule has 1 aromatic carbocycles. The lowest BCUT2D eigenvalue weighted by molar-refractivity contribution is 0.101. The third-order valence-electron chi connectivity index (χ3n) is 3.45. The van der Waals surface area contributed by atoms with E-state index >= 15 is 0 Å². The van der Waals surface area contributed by atoms with E-state index in [1.807, 2.05) is 18.2 Å². The molecule has 0 aromatic heterocycles. The van der Waals surface area contributed by atoms with Crippen molar-refractivity contribution in [3.63, 3.8) is 0 Å². The molecule has 2 heteroatoms. The highest BCUT2D eigenvalue weighted by molar-refractivity contribution is 5.16. The molecule has 0 spiro atoms. The van der Waals surface area contributed by atoms with Crippen LogP contribution in [0.3, 0.4) is 0 Å². The van der Waals surface area contributed by atoms with Crippen molar-refractivity contribution >= 4 is 0 Å². The molecule has 0 amide bonds. The molecule has 16 heavy (non-hydrogen) atoms. The van der Waals surface area contributed by atoms with Gasteiger partial charge >= 0.3 is 0 Å². The molecular formula is C14H21NO. The van der Waals surface area contributed by atoms with Gasteiger partial charge in [-0.25, -0.2) is 0 Å². The fourth-order valence-electron chi connectivity index (χ4n) is 2.44. The monoisotopic (exact) mass is 219 g/mol. The van der Waals surface area contributed by atoms with E-state index in [4.69, 9.17) is 0 Å². The molecule has 1 aliphatic heterocycles. The van der Waals surface area contributed by atoms with Gasteiger partial charge < -0.3 is 10.4 Å². The maximum atomic E-state index is 10.2. The number of piperidine rings is 1. The van der Waals surface area contributed by atoms with E-state index in [9.17, 15) is 5.11 Å². The zero-order valence-electron chi connectivity index (χ0n) is 9.89. The first-order valence-electron chi connectivity index (χ1n) is 6.21. The highest BCUT2D eigenvalue weighted by Crippen LogP contribution is 2.19. The Hall–Kier alpha value is -0.860. The highest BCUT2D eigenvalue weighted by atomic mass is 16.3. The van der Waals surface area contributed by atoms with E-state index in [0.29, 0.717) is 0 Å². The van der Waals surface area contributed by atoms with E-state index in [1.54, 1.807) is 0 Å². The lowest BCUT2D eigenvalue weighted by Crippen LogP contribution is -2.46. The summed E-state index contributed by atoms with van der Waals surface area (Å²) in [6, 6.07) is 10.5. The smallest absolute Gasteiger partial charge is 0.0733 e. The molecule has 1 saturated heterocycles. The molecule has 1 aromatic rings. The average molecular weight is 219 g/mol. The van der Waals surface area contributed by atoms with Crippen molar-refractivity contribution in [3.8, 4) is 0 Å². The van der Waals surface area contributed by atoms with Gasteiger partial charge in [-0.3, -0.25) is 0 Å². The molecule has 1 aliphatic rings. The maximum Gasteiger partial charge on any atom is 0.0733 e. The molecule has 0 bridgehead atoms. The summed E-state index contributed by atoms with van der Waals surface area (Å²) in [7, 11) is 0. The number of benzene rings is 1. The molecular weight excluding hydrogens is 198 g/mol. The fraction of sp³-hybridized carbons (Fsp3) is 0.571. The normalized spacial score (nSPS) is 27.6. The van der Waals surface area contributed by atoms with Crippen molar-refractivity contribution in [1.82, 2.24) is 5.32 Å². The molecule has 2 rings (SSSR count). The predicted octanol–water partition coefficient (Wildman–Crippen LogP) is 1.98. The number of aliphatic hydroxyl groups is 1. The molecule has 0 aliphatic carbocycles. The van der Waals surface area contributed by atoms with Crippen LogP contribution in [-0.4, -0.2) is 23.8 Å². The Bertz CT molecular complexity index is 312. The Morgan fingerprint density at radius 2 is 2.12 bits per heavy atom. The zero-order valence-corrected chi connectivity index (χ0v) is 9.89. The SMILES string of the molecule is CC1CCNC(C(O)Cc2ccccc2)C1. The van der Waals surface area contributed by atoms with Gasteiger partial charge in [-0.15, -0.1) is 0 Å². The van der Waals surface area contributed by atoms with Gasteiger partial charge in [0.05, 0.1) is 6.10 Å². The number of hydrogen-bond acceptors (Lipinski definition) is 2. The van der Waals surface area contributed by atoms with Gasteiger partial charge in [-0.05, 0) is 37.3 Å². The van der Waals surface area contributed by atoms with Crippen LogP contribution in [0.2, 0.25) is 0 Å². The quantitative estimate of drug-likeness (QED) is 0.814.